The fourth-order valence-corrected chi connectivity index (χ4v) is 4.89. The van der Waals surface area contributed by atoms with Gasteiger partial charge in [0.1, 0.15) is 13.2 Å². The Morgan fingerprint density at radius 1 is 0.868 bits per heavy atom. The molecule has 1 aliphatic rings. The molecule has 0 bridgehead atoms. The van der Waals surface area contributed by atoms with Crippen LogP contribution in [0.5, 0.6) is 0 Å². The van der Waals surface area contributed by atoms with Crippen molar-refractivity contribution in [3.63, 3.8) is 0 Å². The highest BCUT2D eigenvalue weighted by molar-refractivity contribution is 9.10. The minimum Gasteiger partial charge on any atom is -0.465 e. The van der Waals surface area contributed by atoms with Crippen molar-refractivity contribution in [1.29, 1.82) is 0 Å². The third kappa shape index (κ3) is 7.06. The summed E-state index contributed by atoms with van der Waals surface area (Å²) >= 11 is 3.32. The van der Waals surface area contributed by atoms with Crippen molar-refractivity contribution in [2.45, 2.75) is 6.04 Å². The predicted octanol–water partition coefficient (Wildman–Crippen LogP) is 4.12. The van der Waals surface area contributed by atoms with Gasteiger partial charge in [-0.2, -0.15) is 0 Å². The van der Waals surface area contributed by atoms with Gasteiger partial charge in [-0.05, 0) is 29.3 Å². The summed E-state index contributed by atoms with van der Waals surface area (Å²) in [5.74, 6) is -1.20. The molecular weight excluding hydrogens is 550 g/mol. The highest BCUT2D eigenvalue weighted by atomic mass is 79.9. The lowest BCUT2D eigenvalue weighted by Gasteiger charge is -2.39. The number of nitrogens with one attached hydrogen (secondary N) is 1. The number of nitrogens with zero attached hydrogens (tertiary/aromatic N) is 2. The van der Waals surface area contributed by atoms with E-state index < -0.39 is 11.9 Å². The predicted molar refractivity (Wildman–Crippen MR) is 148 cm³/mol. The second-order valence-electron chi connectivity index (χ2n) is 8.86. The van der Waals surface area contributed by atoms with Crippen LogP contribution in [0.2, 0.25) is 0 Å². The number of carbonyl (C=O) groups excluding carboxylic acids is 3. The fourth-order valence-electron chi connectivity index (χ4n) is 4.53. The van der Waals surface area contributed by atoms with E-state index in [0.29, 0.717) is 23.2 Å². The SMILES string of the molecule is COC(=O)c1ccc(Br)cc1NC(=O)COCC(=O)N1CCN(C(c2ccccc2)c2ccccc2)CC1. The Labute approximate surface area is 230 Å². The molecule has 9 heteroatoms. The molecule has 4 rings (SSSR count). The molecule has 0 atom stereocenters. The zero-order chi connectivity index (χ0) is 26.9. The van der Waals surface area contributed by atoms with E-state index >= 15 is 0 Å². The van der Waals surface area contributed by atoms with Crippen molar-refractivity contribution in [1.82, 2.24) is 9.80 Å². The minimum absolute atomic E-state index is 0.113. The van der Waals surface area contributed by atoms with Crippen LogP contribution in [0, 0.1) is 0 Å². The standard InChI is InChI=1S/C29H30BrN3O5/c1-37-29(36)24-13-12-23(30)18-25(24)31-26(34)19-38-20-27(35)32-14-16-33(17-15-32)28(21-8-4-2-5-9-21)22-10-6-3-7-11-22/h2-13,18,28H,14-17,19-20H2,1H3,(H,31,34). The lowest BCUT2D eigenvalue weighted by atomic mass is 9.96. The molecule has 0 saturated carbocycles. The van der Waals surface area contributed by atoms with Gasteiger partial charge >= 0.3 is 5.97 Å². The minimum atomic E-state index is -0.565. The van der Waals surface area contributed by atoms with Crippen molar-refractivity contribution in [3.8, 4) is 0 Å². The first-order valence-electron chi connectivity index (χ1n) is 12.3. The smallest absolute Gasteiger partial charge is 0.339 e. The molecule has 3 aromatic carbocycles. The van der Waals surface area contributed by atoms with E-state index in [9.17, 15) is 14.4 Å². The number of carbonyl (C=O) groups is 3. The highest BCUT2D eigenvalue weighted by Crippen LogP contribution is 2.29. The number of ether oxygens (including phenoxy) is 2. The Morgan fingerprint density at radius 3 is 2.05 bits per heavy atom. The second kappa shape index (κ2) is 13.3. The van der Waals surface area contributed by atoms with Crippen molar-refractivity contribution >= 4 is 39.4 Å². The van der Waals surface area contributed by atoms with Gasteiger partial charge in [-0.25, -0.2) is 4.79 Å². The Morgan fingerprint density at radius 2 is 1.47 bits per heavy atom. The summed E-state index contributed by atoms with van der Waals surface area (Å²) < 4.78 is 10.9. The van der Waals surface area contributed by atoms with E-state index in [1.165, 1.54) is 18.2 Å². The van der Waals surface area contributed by atoms with Gasteiger partial charge in [0.15, 0.2) is 0 Å². The summed E-state index contributed by atoms with van der Waals surface area (Å²) in [5.41, 5.74) is 2.96. The maximum Gasteiger partial charge on any atom is 0.339 e. The average molecular weight is 580 g/mol. The van der Waals surface area contributed by atoms with Gasteiger partial charge in [-0.3, -0.25) is 14.5 Å². The van der Waals surface area contributed by atoms with E-state index in [4.69, 9.17) is 9.47 Å². The molecule has 1 heterocycles. The van der Waals surface area contributed by atoms with Gasteiger partial charge in [-0.1, -0.05) is 76.6 Å². The van der Waals surface area contributed by atoms with Gasteiger partial charge in [-0.15, -0.1) is 0 Å². The summed E-state index contributed by atoms with van der Waals surface area (Å²) in [5, 5.41) is 2.64. The normalized spacial score (nSPS) is 13.8. The van der Waals surface area contributed by atoms with Crippen LogP contribution < -0.4 is 5.32 Å². The summed E-state index contributed by atoms with van der Waals surface area (Å²) in [7, 11) is 1.27. The Kier molecular flexibility index (Phi) is 9.64. The van der Waals surface area contributed by atoms with Crippen LogP contribution in [-0.2, 0) is 19.1 Å². The largest absolute Gasteiger partial charge is 0.465 e. The van der Waals surface area contributed by atoms with Crippen molar-refractivity contribution < 1.29 is 23.9 Å². The quantitative estimate of drug-likeness (QED) is 0.384. The van der Waals surface area contributed by atoms with Crippen LogP contribution in [0.15, 0.2) is 83.3 Å². The molecule has 38 heavy (non-hydrogen) atoms. The number of piperazine rings is 1. The first-order chi connectivity index (χ1) is 18.5. The Bertz CT molecular complexity index is 1210. The maximum absolute atomic E-state index is 12.8. The molecule has 0 unspecified atom stereocenters. The molecule has 1 N–H and O–H groups in total. The van der Waals surface area contributed by atoms with E-state index in [0.717, 1.165) is 13.1 Å². The number of hydrogen-bond acceptors (Lipinski definition) is 6. The molecule has 1 aliphatic heterocycles. The average Bonchev–Trinajstić information content (AvgIpc) is 2.94. The number of rotatable bonds is 9. The summed E-state index contributed by atoms with van der Waals surface area (Å²) in [6, 6.07) is 25.7. The highest BCUT2D eigenvalue weighted by Gasteiger charge is 2.28. The van der Waals surface area contributed by atoms with Crippen molar-refractivity contribution in [3.05, 3.63) is 100 Å². The van der Waals surface area contributed by atoms with E-state index in [-0.39, 0.29) is 30.7 Å². The lowest BCUT2D eigenvalue weighted by molar-refractivity contribution is -0.139. The number of methoxy groups -OCH3 is 1. The fraction of sp³-hybridized carbons (Fsp3) is 0.276. The third-order valence-electron chi connectivity index (χ3n) is 6.38. The van der Waals surface area contributed by atoms with E-state index in [1.54, 1.807) is 23.1 Å². The molecule has 3 aromatic rings. The van der Waals surface area contributed by atoms with Crippen LogP contribution >= 0.6 is 15.9 Å². The molecule has 1 saturated heterocycles. The van der Waals surface area contributed by atoms with E-state index in [1.807, 2.05) is 36.4 Å². The molecule has 0 spiro atoms. The molecule has 0 aromatic heterocycles. The molecule has 2 amide bonds. The number of esters is 1. The number of anilines is 1. The second-order valence-corrected chi connectivity index (χ2v) is 9.78. The van der Waals surface area contributed by atoms with Crippen LogP contribution in [0.1, 0.15) is 27.5 Å². The number of hydrogen-bond donors (Lipinski definition) is 1. The van der Waals surface area contributed by atoms with Gasteiger partial charge in [0.25, 0.3) is 0 Å². The monoisotopic (exact) mass is 579 g/mol. The van der Waals surface area contributed by atoms with Gasteiger partial charge in [0, 0.05) is 30.7 Å². The number of benzene rings is 3. The Balaban J connectivity index is 1.28. The zero-order valence-corrected chi connectivity index (χ0v) is 22.7. The van der Waals surface area contributed by atoms with Gasteiger partial charge in [0.2, 0.25) is 11.8 Å². The molecule has 8 nitrogen and oxygen atoms in total. The van der Waals surface area contributed by atoms with Crippen molar-refractivity contribution in [2.75, 3.05) is 51.8 Å². The van der Waals surface area contributed by atoms with Crippen LogP contribution in [-0.4, -0.2) is 74.1 Å². The summed E-state index contributed by atoms with van der Waals surface area (Å²) in [6.45, 7) is 2.08. The lowest BCUT2D eigenvalue weighted by Crippen LogP contribution is -2.50. The molecule has 0 radical (unpaired) electrons. The first kappa shape index (κ1) is 27.5. The molecular formula is C29H30BrN3O5. The third-order valence-corrected chi connectivity index (χ3v) is 6.88. The zero-order valence-electron chi connectivity index (χ0n) is 21.1. The van der Waals surface area contributed by atoms with Gasteiger partial charge < -0.3 is 19.7 Å². The number of halogens is 1. The Hall–Kier alpha value is -3.53. The molecule has 0 aliphatic carbocycles. The number of amides is 2. The molecule has 198 valence electrons. The topological polar surface area (TPSA) is 88.2 Å². The summed E-state index contributed by atoms with van der Waals surface area (Å²) in [6.07, 6.45) is 0. The molecule has 1 fully saturated rings. The van der Waals surface area contributed by atoms with Gasteiger partial charge in [0.05, 0.1) is 24.4 Å². The van der Waals surface area contributed by atoms with Crippen LogP contribution in [0.3, 0.4) is 0 Å². The first-order valence-corrected chi connectivity index (χ1v) is 13.1. The van der Waals surface area contributed by atoms with Crippen LogP contribution in [0.25, 0.3) is 0 Å². The van der Waals surface area contributed by atoms with Crippen LogP contribution in [0.4, 0.5) is 5.69 Å². The van der Waals surface area contributed by atoms with E-state index in [2.05, 4.69) is 50.4 Å². The van der Waals surface area contributed by atoms with Crippen molar-refractivity contribution in [2.24, 2.45) is 0 Å². The maximum atomic E-state index is 12.8. The summed E-state index contributed by atoms with van der Waals surface area (Å²) in [4.78, 5) is 41.3.